The van der Waals surface area contributed by atoms with Gasteiger partial charge in [0.1, 0.15) is 17.0 Å². The summed E-state index contributed by atoms with van der Waals surface area (Å²) in [5.74, 6) is 0.297. The molecule has 0 radical (unpaired) electrons. The first-order chi connectivity index (χ1) is 10.8. The molecule has 1 atom stereocenters. The zero-order valence-electron chi connectivity index (χ0n) is 12.1. The standard InChI is InChI=1S/C13H13F3N4O2S/c1-23(21)20-3-2-9-7(6-20)4-10(22-9)11-8(13(14,15)16)5-18-12(17)19-11/h4-5H,2-3,6H2,1H3,(H2,17,18,19). The van der Waals surface area contributed by atoms with Crippen LogP contribution in [0, 0.1) is 0 Å². The molecule has 0 spiro atoms. The molecule has 1 unspecified atom stereocenters. The first kappa shape index (κ1) is 15.9. The average molecular weight is 346 g/mol. The monoisotopic (exact) mass is 346 g/mol. The van der Waals surface area contributed by atoms with Crippen molar-refractivity contribution in [3.63, 3.8) is 0 Å². The second-order valence-electron chi connectivity index (χ2n) is 5.08. The Kier molecular flexibility index (Phi) is 3.88. The molecule has 6 nitrogen and oxygen atoms in total. The Labute approximate surface area is 132 Å². The lowest BCUT2D eigenvalue weighted by molar-refractivity contribution is -0.137. The van der Waals surface area contributed by atoms with Gasteiger partial charge in [0.25, 0.3) is 0 Å². The van der Waals surface area contributed by atoms with Gasteiger partial charge in [-0.05, 0) is 6.07 Å². The van der Waals surface area contributed by atoms with Crippen molar-refractivity contribution in [1.82, 2.24) is 14.3 Å². The van der Waals surface area contributed by atoms with Crippen molar-refractivity contribution in [3.8, 4) is 11.5 Å². The third-order valence-electron chi connectivity index (χ3n) is 3.54. The molecule has 0 aliphatic carbocycles. The van der Waals surface area contributed by atoms with Crippen molar-refractivity contribution < 1.29 is 21.8 Å². The molecule has 0 aromatic carbocycles. The summed E-state index contributed by atoms with van der Waals surface area (Å²) in [7, 11) is -1.15. The number of nitrogens with zero attached hydrogens (tertiary/aromatic N) is 3. The summed E-state index contributed by atoms with van der Waals surface area (Å²) in [6.45, 7) is 0.866. The van der Waals surface area contributed by atoms with Crippen LogP contribution in [-0.4, -0.2) is 31.3 Å². The van der Waals surface area contributed by atoms with E-state index in [2.05, 4.69) is 9.97 Å². The largest absolute Gasteiger partial charge is 0.459 e. The van der Waals surface area contributed by atoms with Crippen LogP contribution in [0.15, 0.2) is 16.7 Å². The summed E-state index contributed by atoms with van der Waals surface area (Å²) >= 11 is 0. The second-order valence-corrected chi connectivity index (χ2v) is 6.45. The van der Waals surface area contributed by atoms with E-state index in [1.54, 1.807) is 10.6 Å². The lowest BCUT2D eigenvalue weighted by atomic mass is 10.1. The Morgan fingerprint density at radius 3 is 2.83 bits per heavy atom. The summed E-state index contributed by atoms with van der Waals surface area (Å²) < 4.78 is 58.1. The Morgan fingerprint density at radius 2 is 2.17 bits per heavy atom. The smallest absolute Gasteiger partial charge is 0.420 e. The minimum Gasteiger partial charge on any atom is -0.459 e. The number of aromatic nitrogens is 2. The fraction of sp³-hybridized carbons (Fsp3) is 0.385. The summed E-state index contributed by atoms with van der Waals surface area (Å²) in [5.41, 5.74) is 4.72. The average Bonchev–Trinajstić information content (AvgIpc) is 2.88. The maximum Gasteiger partial charge on any atom is 0.420 e. The molecule has 0 saturated carbocycles. The van der Waals surface area contributed by atoms with Gasteiger partial charge in [-0.15, -0.1) is 0 Å². The lowest BCUT2D eigenvalue weighted by Crippen LogP contribution is -2.30. The molecule has 1 aliphatic heterocycles. The molecule has 23 heavy (non-hydrogen) atoms. The molecule has 0 amide bonds. The molecule has 2 aromatic rings. The van der Waals surface area contributed by atoms with E-state index in [1.165, 1.54) is 6.07 Å². The number of furan rings is 1. The van der Waals surface area contributed by atoms with Crippen LogP contribution in [0.3, 0.4) is 0 Å². The summed E-state index contributed by atoms with van der Waals surface area (Å²) in [5, 5.41) is 0. The topological polar surface area (TPSA) is 85.2 Å². The third kappa shape index (κ3) is 3.08. The van der Waals surface area contributed by atoms with Crippen molar-refractivity contribution in [2.45, 2.75) is 19.1 Å². The number of nitrogen functional groups attached to an aromatic ring is 1. The minimum absolute atomic E-state index is 0.0137. The van der Waals surface area contributed by atoms with E-state index in [0.717, 1.165) is 0 Å². The van der Waals surface area contributed by atoms with Crippen molar-refractivity contribution in [2.75, 3.05) is 18.5 Å². The number of anilines is 1. The first-order valence-electron chi connectivity index (χ1n) is 6.66. The summed E-state index contributed by atoms with van der Waals surface area (Å²) in [6, 6.07) is 1.49. The van der Waals surface area contributed by atoms with E-state index in [9.17, 15) is 17.4 Å². The van der Waals surface area contributed by atoms with E-state index in [4.69, 9.17) is 10.2 Å². The number of hydrogen-bond acceptors (Lipinski definition) is 5. The normalized spacial score (nSPS) is 17.0. The fourth-order valence-electron chi connectivity index (χ4n) is 2.43. The van der Waals surface area contributed by atoms with Crippen LogP contribution >= 0.6 is 0 Å². The van der Waals surface area contributed by atoms with Crippen LogP contribution in [0.5, 0.6) is 0 Å². The molecular weight excluding hydrogens is 333 g/mol. The van der Waals surface area contributed by atoms with Crippen molar-refractivity contribution in [1.29, 1.82) is 0 Å². The fourth-order valence-corrected chi connectivity index (χ4v) is 3.10. The molecule has 0 bridgehead atoms. The molecule has 0 fully saturated rings. The number of alkyl halides is 3. The zero-order chi connectivity index (χ0) is 16.8. The van der Waals surface area contributed by atoms with Gasteiger partial charge in [-0.1, -0.05) is 0 Å². The number of fused-ring (bicyclic) bond motifs is 1. The third-order valence-corrected chi connectivity index (χ3v) is 4.58. The quantitative estimate of drug-likeness (QED) is 0.899. The second kappa shape index (κ2) is 5.60. The first-order valence-corrected chi connectivity index (χ1v) is 8.17. The molecule has 3 heterocycles. The van der Waals surface area contributed by atoms with Gasteiger partial charge in [-0.3, -0.25) is 0 Å². The minimum atomic E-state index is -4.62. The Balaban J connectivity index is 2.05. The summed E-state index contributed by atoms with van der Waals surface area (Å²) in [4.78, 5) is 7.09. The number of nitrogens with two attached hydrogens (primary N) is 1. The van der Waals surface area contributed by atoms with E-state index in [-0.39, 0.29) is 17.4 Å². The highest BCUT2D eigenvalue weighted by Gasteiger charge is 2.37. The van der Waals surface area contributed by atoms with Gasteiger partial charge in [-0.25, -0.2) is 18.5 Å². The van der Waals surface area contributed by atoms with Crippen LogP contribution in [-0.2, 0) is 30.1 Å². The number of hydrogen-bond donors (Lipinski definition) is 1. The Bertz CT molecular complexity index is 775. The van der Waals surface area contributed by atoms with E-state index >= 15 is 0 Å². The SMILES string of the molecule is CS(=O)N1CCc2oc(-c3nc(N)ncc3C(F)(F)F)cc2C1. The predicted molar refractivity (Wildman–Crippen MR) is 77.3 cm³/mol. The Morgan fingerprint density at radius 1 is 1.43 bits per heavy atom. The van der Waals surface area contributed by atoms with Gasteiger partial charge in [-0.2, -0.15) is 13.2 Å². The maximum atomic E-state index is 13.1. The van der Waals surface area contributed by atoms with Crippen LogP contribution in [0.2, 0.25) is 0 Å². The van der Waals surface area contributed by atoms with E-state index in [0.29, 0.717) is 37.0 Å². The zero-order valence-corrected chi connectivity index (χ0v) is 12.9. The van der Waals surface area contributed by atoms with Crippen molar-refractivity contribution >= 4 is 16.9 Å². The molecule has 1 aliphatic rings. The summed E-state index contributed by atoms with van der Waals surface area (Å²) in [6.07, 6.45) is -1.95. The molecule has 2 N–H and O–H groups in total. The molecule has 3 rings (SSSR count). The Hall–Kier alpha value is -1.94. The van der Waals surface area contributed by atoms with Crippen LogP contribution in [0.25, 0.3) is 11.5 Å². The molecular formula is C13H13F3N4O2S. The molecule has 0 saturated heterocycles. The highest BCUT2D eigenvalue weighted by Crippen LogP contribution is 2.38. The van der Waals surface area contributed by atoms with Gasteiger partial charge in [0.15, 0.2) is 5.76 Å². The van der Waals surface area contributed by atoms with Crippen LogP contribution in [0.1, 0.15) is 16.9 Å². The highest BCUT2D eigenvalue weighted by molar-refractivity contribution is 7.81. The van der Waals surface area contributed by atoms with Gasteiger partial charge in [0, 0.05) is 37.5 Å². The van der Waals surface area contributed by atoms with Crippen LogP contribution in [0.4, 0.5) is 19.1 Å². The maximum absolute atomic E-state index is 13.1. The van der Waals surface area contributed by atoms with Crippen molar-refractivity contribution in [2.24, 2.45) is 0 Å². The highest BCUT2D eigenvalue weighted by atomic mass is 32.2. The van der Waals surface area contributed by atoms with Crippen LogP contribution < -0.4 is 5.73 Å². The van der Waals surface area contributed by atoms with Crippen molar-refractivity contribution in [3.05, 3.63) is 29.2 Å². The van der Waals surface area contributed by atoms with E-state index in [1.807, 2.05) is 0 Å². The predicted octanol–water partition coefficient (Wildman–Crippen LogP) is 1.99. The number of halogens is 3. The molecule has 124 valence electrons. The molecule has 10 heteroatoms. The molecule has 2 aromatic heterocycles. The van der Waals surface area contributed by atoms with E-state index < -0.39 is 22.7 Å². The van der Waals surface area contributed by atoms with Gasteiger partial charge >= 0.3 is 6.18 Å². The van der Waals surface area contributed by atoms with Gasteiger partial charge in [0.2, 0.25) is 5.95 Å². The lowest BCUT2D eigenvalue weighted by Gasteiger charge is -2.22. The number of rotatable bonds is 2. The van der Waals surface area contributed by atoms with Gasteiger partial charge in [0.05, 0.1) is 11.0 Å². The van der Waals surface area contributed by atoms with Gasteiger partial charge < -0.3 is 10.2 Å².